The molecule has 0 N–H and O–H groups in total. The Bertz CT molecular complexity index is 222. The van der Waals surface area contributed by atoms with Crippen molar-refractivity contribution in [1.82, 2.24) is 0 Å². The van der Waals surface area contributed by atoms with Crippen LogP contribution in [0.15, 0.2) is 0 Å². The Kier molecular flexibility index (Phi) is 4.90. The number of rotatable bonds is 5. The Balaban J connectivity index is 4.96. The van der Waals surface area contributed by atoms with Gasteiger partial charge in [0.15, 0.2) is 0 Å². The van der Waals surface area contributed by atoms with Crippen LogP contribution in [0.4, 0.5) is 0 Å². The summed E-state index contributed by atoms with van der Waals surface area (Å²) in [4.78, 5) is 0. The quantitative estimate of drug-likeness (QED) is 0.533. The molecule has 0 aromatic rings. The summed E-state index contributed by atoms with van der Waals surface area (Å²) in [5.74, 6) is 1.57. The van der Waals surface area contributed by atoms with E-state index in [-0.39, 0.29) is 0 Å². The molecule has 16 heavy (non-hydrogen) atoms. The fourth-order valence-electron chi connectivity index (χ4n) is 2.35. The van der Waals surface area contributed by atoms with Crippen LogP contribution in [0.5, 0.6) is 0 Å². The third kappa shape index (κ3) is 3.35. The maximum Gasteiger partial charge on any atom is 0.0538 e. The minimum Gasteiger partial charge on any atom is -0.0689 e. The smallest absolute Gasteiger partial charge is 0.0538 e. The molecule has 0 aliphatic carbocycles. The van der Waals surface area contributed by atoms with Gasteiger partial charge in [-0.1, -0.05) is 74.5 Å². The first-order valence-electron chi connectivity index (χ1n) is 6.84. The van der Waals surface area contributed by atoms with Gasteiger partial charge in [0.2, 0.25) is 0 Å². The molecule has 0 nitrogen and oxygen atoms in total. The summed E-state index contributed by atoms with van der Waals surface area (Å²) in [6.45, 7) is 24.5. The van der Waals surface area contributed by atoms with Crippen LogP contribution in [0.1, 0.15) is 55.4 Å². The average molecular weight is 243 g/mol. The number of hydrogen-bond donors (Lipinski definition) is 0. The van der Waals surface area contributed by atoms with Crippen LogP contribution in [-0.4, -0.2) is 8.07 Å². The van der Waals surface area contributed by atoms with Gasteiger partial charge in [-0.25, -0.2) is 0 Å². The van der Waals surface area contributed by atoms with Gasteiger partial charge in [-0.2, -0.15) is 0 Å². The standard InChI is InChI=1S/C15H34Si/c1-12(2)14(5,6)11-16(9,10)15(7,8)13(3)4/h12-13H,11H2,1-10H3. The van der Waals surface area contributed by atoms with Crippen molar-refractivity contribution < 1.29 is 0 Å². The zero-order valence-electron chi connectivity index (χ0n) is 13.4. The molecule has 0 aromatic heterocycles. The van der Waals surface area contributed by atoms with E-state index >= 15 is 0 Å². The molecule has 1 heteroatoms. The van der Waals surface area contributed by atoms with Crippen LogP contribution in [0.25, 0.3) is 0 Å². The minimum atomic E-state index is -1.19. The molecule has 98 valence electrons. The van der Waals surface area contributed by atoms with Crippen LogP contribution in [0, 0.1) is 17.3 Å². The summed E-state index contributed by atoms with van der Waals surface area (Å²) < 4.78 is 0. The van der Waals surface area contributed by atoms with Gasteiger partial charge in [0.05, 0.1) is 8.07 Å². The fraction of sp³-hybridized carbons (Fsp3) is 1.00. The lowest BCUT2D eigenvalue weighted by Crippen LogP contribution is -2.46. The zero-order valence-corrected chi connectivity index (χ0v) is 14.4. The van der Waals surface area contributed by atoms with Gasteiger partial charge in [0, 0.05) is 0 Å². The minimum absolute atomic E-state index is 0.488. The van der Waals surface area contributed by atoms with Gasteiger partial charge in [0.1, 0.15) is 0 Å². The number of hydrogen-bond acceptors (Lipinski definition) is 0. The zero-order chi connectivity index (χ0) is 13.4. The predicted molar refractivity (Wildman–Crippen MR) is 79.8 cm³/mol. The van der Waals surface area contributed by atoms with E-state index in [9.17, 15) is 0 Å². The largest absolute Gasteiger partial charge is 0.0689 e. The van der Waals surface area contributed by atoms with Crippen molar-refractivity contribution in [2.24, 2.45) is 17.3 Å². The van der Waals surface area contributed by atoms with E-state index in [0.29, 0.717) is 10.5 Å². The van der Waals surface area contributed by atoms with Crippen molar-refractivity contribution in [3.8, 4) is 0 Å². The fourth-order valence-corrected chi connectivity index (χ4v) is 7.06. The first kappa shape index (κ1) is 16.2. The molecule has 0 radical (unpaired) electrons. The molecule has 0 unspecified atom stereocenters. The van der Waals surface area contributed by atoms with E-state index in [2.05, 4.69) is 68.5 Å². The lowest BCUT2D eigenvalue weighted by molar-refractivity contribution is 0.274. The summed E-state index contributed by atoms with van der Waals surface area (Å²) >= 11 is 0. The second-order valence-electron chi connectivity index (χ2n) is 8.08. The van der Waals surface area contributed by atoms with Crippen molar-refractivity contribution >= 4 is 8.07 Å². The highest BCUT2D eigenvalue weighted by Crippen LogP contribution is 2.50. The SMILES string of the molecule is CC(C)C(C)(C)C[Si](C)(C)C(C)(C)C(C)C. The topological polar surface area (TPSA) is 0 Å². The van der Waals surface area contributed by atoms with Crippen molar-refractivity contribution in [1.29, 1.82) is 0 Å². The van der Waals surface area contributed by atoms with E-state index in [1.807, 2.05) is 0 Å². The first-order chi connectivity index (χ1) is 6.84. The summed E-state index contributed by atoms with van der Waals surface area (Å²) in [5.41, 5.74) is 0.488. The molecule has 0 atom stereocenters. The van der Waals surface area contributed by atoms with Crippen molar-refractivity contribution in [3.05, 3.63) is 0 Å². The average Bonchev–Trinajstić information content (AvgIpc) is 2.00. The van der Waals surface area contributed by atoms with Crippen molar-refractivity contribution in [2.45, 2.75) is 79.6 Å². The molecule has 0 aliphatic rings. The van der Waals surface area contributed by atoms with Gasteiger partial charge in [-0.05, 0) is 22.3 Å². The molecule has 0 heterocycles. The Morgan fingerprint density at radius 2 is 1.19 bits per heavy atom. The second-order valence-corrected chi connectivity index (χ2v) is 13.5. The molecular formula is C15H34Si. The van der Waals surface area contributed by atoms with Gasteiger partial charge in [0.25, 0.3) is 0 Å². The molecular weight excluding hydrogens is 208 g/mol. The highest BCUT2D eigenvalue weighted by molar-refractivity contribution is 6.80. The highest BCUT2D eigenvalue weighted by Gasteiger charge is 2.44. The first-order valence-corrected chi connectivity index (χ1v) is 10.1. The molecule has 0 spiro atoms. The summed E-state index contributed by atoms with van der Waals surface area (Å²) in [6.07, 6.45) is 0. The maximum absolute atomic E-state index is 2.58. The van der Waals surface area contributed by atoms with E-state index in [1.54, 1.807) is 0 Å². The summed E-state index contributed by atoms with van der Waals surface area (Å²) in [5, 5.41) is 0.527. The van der Waals surface area contributed by atoms with E-state index in [0.717, 1.165) is 11.8 Å². The lowest BCUT2D eigenvalue weighted by atomic mass is 9.83. The molecule has 0 fully saturated rings. The maximum atomic E-state index is 2.58. The Morgan fingerprint density at radius 3 is 1.44 bits per heavy atom. The van der Waals surface area contributed by atoms with E-state index in [4.69, 9.17) is 0 Å². The normalized spacial score (nSPS) is 15.0. The molecule has 0 saturated heterocycles. The molecule has 0 bridgehead atoms. The van der Waals surface area contributed by atoms with Crippen LogP contribution >= 0.6 is 0 Å². The van der Waals surface area contributed by atoms with E-state index < -0.39 is 8.07 Å². The summed E-state index contributed by atoms with van der Waals surface area (Å²) in [7, 11) is -1.19. The van der Waals surface area contributed by atoms with Gasteiger partial charge in [-0.3, -0.25) is 0 Å². The molecule has 0 amide bonds. The second kappa shape index (κ2) is 4.84. The lowest BCUT2D eigenvalue weighted by Gasteiger charge is -2.48. The highest BCUT2D eigenvalue weighted by atomic mass is 28.3. The molecule has 0 aromatic carbocycles. The molecule has 0 aliphatic heterocycles. The van der Waals surface area contributed by atoms with Crippen LogP contribution in [-0.2, 0) is 0 Å². The van der Waals surface area contributed by atoms with Gasteiger partial charge >= 0.3 is 0 Å². The third-order valence-electron chi connectivity index (χ3n) is 5.65. The Hall–Kier alpha value is 0.217. The monoisotopic (exact) mass is 242 g/mol. The summed E-state index contributed by atoms with van der Waals surface area (Å²) in [6, 6.07) is 1.43. The Morgan fingerprint density at radius 1 is 0.812 bits per heavy atom. The van der Waals surface area contributed by atoms with Gasteiger partial charge in [-0.15, -0.1) is 0 Å². The third-order valence-corrected chi connectivity index (χ3v) is 11.5. The molecule has 0 saturated carbocycles. The Labute approximate surface area is 105 Å². The van der Waals surface area contributed by atoms with Crippen LogP contribution in [0.3, 0.4) is 0 Å². The van der Waals surface area contributed by atoms with Crippen LogP contribution in [0.2, 0.25) is 24.2 Å². The van der Waals surface area contributed by atoms with Gasteiger partial charge < -0.3 is 0 Å². The van der Waals surface area contributed by atoms with Crippen molar-refractivity contribution in [2.75, 3.05) is 0 Å². The molecule has 0 rings (SSSR count). The predicted octanol–water partition coefficient (Wildman–Crippen LogP) is 5.81. The van der Waals surface area contributed by atoms with E-state index in [1.165, 1.54) is 6.04 Å². The van der Waals surface area contributed by atoms with Crippen molar-refractivity contribution in [3.63, 3.8) is 0 Å². The van der Waals surface area contributed by atoms with Crippen LogP contribution < -0.4 is 0 Å².